The molecular weight excluding hydrogens is 366 g/mol. The van der Waals surface area contributed by atoms with Gasteiger partial charge in [0.1, 0.15) is 5.52 Å². The molecule has 0 aliphatic rings. The van der Waals surface area contributed by atoms with Crippen LogP contribution in [-0.4, -0.2) is 24.2 Å². The average Bonchev–Trinajstić information content (AvgIpc) is 3.04. The molecule has 0 aliphatic carbocycles. The molecule has 0 bridgehead atoms. The third-order valence-electron chi connectivity index (χ3n) is 3.52. The van der Waals surface area contributed by atoms with Gasteiger partial charge in [0, 0.05) is 4.91 Å². The minimum absolute atomic E-state index is 0.00575. The molecule has 0 radical (unpaired) electrons. The van der Waals surface area contributed by atoms with Crippen molar-refractivity contribution < 1.29 is 23.8 Å². The standard InChI is InChI=1S/C20H19NO5S/c1-12(2)25-16-9-8-13(10-17(16)24-3)11-18(19(22)23)27-20-21-14-6-4-5-7-15(14)26-20/h4-12H,1-3H3,(H,22,23)/p-1/b18-11+. The van der Waals surface area contributed by atoms with Gasteiger partial charge in [-0.15, -0.1) is 0 Å². The van der Waals surface area contributed by atoms with E-state index in [9.17, 15) is 9.90 Å². The zero-order valence-electron chi connectivity index (χ0n) is 15.1. The van der Waals surface area contributed by atoms with Gasteiger partial charge in [0.2, 0.25) is 0 Å². The maximum atomic E-state index is 11.6. The summed E-state index contributed by atoms with van der Waals surface area (Å²) in [5.41, 5.74) is 1.88. The molecule has 1 heterocycles. The van der Waals surface area contributed by atoms with Crippen molar-refractivity contribution in [1.29, 1.82) is 0 Å². The summed E-state index contributed by atoms with van der Waals surface area (Å²) < 4.78 is 16.6. The molecule has 0 aliphatic heterocycles. The summed E-state index contributed by atoms with van der Waals surface area (Å²) in [5.74, 6) is -0.211. The highest BCUT2D eigenvalue weighted by atomic mass is 32.2. The number of rotatable bonds is 7. The molecule has 0 saturated carbocycles. The number of para-hydroxylation sites is 2. The van der Waals surface area contributed by atoms with E-state index in [0.29, 0.717) is 28.2 Å². The van der Waals surface area contributed by atoms with E-state index < -0.39 is 5.97 Å². The summed E-state index contributed by atoms with van der Waals surface area (Å²) in [4.78, 5) is 15.8. The van der Waals surface area contributed by atoms with E-state index in [1.54, 1.807) is 30.3 Å². The Labute approximate surface area is 160 Å². The summed E-state index contributed by atoms with van der Waals surface area (Å²) in [6.45, 7) is 3.83. The number of nitrogens with zero attached hydrogens (tertiary/aromatic N) is 1. The summed E-state index contributed by atoms with van der Waals surface area (Å²) in [6.07, 6.45) is 1.48. The van der Waals surface area contributed by atoms with Gasteiger partial charge in [-0.05, 0) is 61.5 Å². The van der Waals surface area contributed by atoms with Crippen LogP contribution >= 0.6 is 11.8 Å². The van der Waals surface area contributed by atoms with Crippen molar-refractivity contribution in [2.75, 3.05) is 7.11 Å². The highest BCUT2D eigenvalue weighted by Gasteiger charge is 2.12. The molecule has 6 nitrogen and oxygen atoms in total. The van der Waals surface area contributed by atoms with Crippen LogP contribution < -0.4 is 14.6 Å². The van der Waals surface area contributed by atoms with Crippen LogP contribution in [0, 0.1) is 0 Å². The number of thioether (sulfide) groups is 1. The molecule has 0 atom stereocenters. The summed E-state index contributed by atoms with van der Waals surface area (Å²) >= 11 is 0.895. The number of methoxy groups -OCH3 is 1. The van der Waals surface area contributed by atoms with Crippen LogP contribution in [0.15, 0.2) is 57.0 Å². The van der Waals surface area contributed by atoms with Crippen molar-refractivity contribution in [2.24, 2.45) is 0 Å². The minimum atomic E-state index is -1.32. The number of aromatic nitrogens is 1. The second kappa shape index (κ2) is 8.18. The van der Waals surface area contributed by atoms with Crippen LogP contribution in [0.25, 0.3) is 17.2 Å². The minimum Gasteiger partial charge on any atom is -0.544 e. The van der Waals surface area contributed by atoms with Crippen LogP contribution in [-0.2, 0) is 4.79 Å². The predicted molar refractivity (Wildman–Crippen MR) is 102 cm³/mol. The van der Waals surface area contributed by atoms with Gasteiger partial charge in [0.05, 0.1) is 19.2 Å². The number of hydrogen-bond acceptors (Lipinski definition) is 7. The number of hydrogen-bond donors (Lipinski definition) is 0. The van der Waals surface area contributed by atoms with Crippen LogP contribution in [0.4, 0.5) is 0 Å². The van der Waals surface area contributed by atoms with E-state index in [1.165, 1.54) is 13.2 Å². The van der Waals surface area contributed by atoms with Crippen LogP contribution in [0.1, 0.15) is 19.4 Å². The van der Waals surface area contributed by atoms with Crippen molar-refractivity contribution in [2.45, 2.75) is 25.2 Å². The summed E-state index contributed by atoms with van der Waals surface area (Å²) in [5, 5.41) is 11.8. The molecule has 1 aromatic heterocycles. The van der Waals surface area contributed by atoms with E-state index in [1.807, 2.05) is 26.0 Å². The normalized spacial score (nSPS) is 11.8. The monoisotopic (exact) mass is 384 g/mol. The fraction of sp³-hybridized carbons (Fsp3) is 0.200. The number of oxazole rings is 1. The highest BCUT2D eigenvalue weighted by molar-refractivity contribution is 8.03. The fourth-order valence-corrected chi connectivity index (χ4v) is 3.14. The van der Waals surface area contributed by atoms with Gasteiger partial charge in [0.15, 0.2) is 17.1 Å². The largest absolute Gasteiger partial charge is 0.544 e. The molecule has 0 amide bonds. The Morgan fingerprint density at radius 2 is 2.00 bits per heavy atom. The number of fused-ring (bicyclic) bond motifs is 1. The number of carbonyl (C=O) groups excluding carboxylic acids is 1. The van der Waals surface area contributed by atoms with Crippen molar-refractivity contribution in [1.82, 2.24) is 4.98 Å². The predicted octanol–water partition coefficient (Wildman–Crippen LogP) is 3.51. The molecule has 0 spiro atoms. The molecule has 3 aromatic rings. The van der Waals surface area contributed by atoms with Crippen LogP contribution in [0.5, 0.6) is 11.5 Å². The van der Waals surface area contributed by atoms with E-state index in [-0.39, 0.29) is 16.2 Å². The maximum absolute atomic E-state index is 11.6. The number of carbonyl (C=O) groups is 1. The number of carboxylic acid groups (broad SMARTS) is 1. The van der Waals surface area contributed by atoms with E-state index in [0.717, 1.165) is 11.8 Å². The SMILES string of the molecule is COc1cc(/C=C(/Sc2nc3ccccc3o2)C(=O)[O-])ccc1OC(C)C. The Bertz CT molecular complexity index is 960. The number of carboxylic acids is 1. The molecule has 2 aromatic carbocycles. The lowest BCUT2D eigenvalue weighted by Crippen LogP contribution is -2.23. The zero-order chi connectivity index (χ0) is 19.4. The second-order valence-electron chi connectivity index (χ2n) is 5.92. The molecular formula is C20H18NO5S-. The molecule has 3 rings (SSSR count). The number of aliphatic carboxylic acids is 1. The van der Waals surface area contributed by atoms with Crippen molar-refractivity contribution >= 4 is 34.9 Å². The molecule has 0 saturated heterocycles. The van der Waals surface area contributed by atoms with Crippen LogP contribution in [0.3, 0.4) is 0 Å². The van der Waals surface area contributed by atoms with Gasteiger partial charge in [-0.2, -0.15) is 0 Å². The van der Waals surface area contributed by atoms with Crippen molar-refractivity contribution in [3.63, 3.8) is 0 Å². The van der Waals surface area contributed by atoms with E-state index >= 15 is 0 Å². The molecule has 0 fully saturated rings. The topological polar surface area (TPSA) is 84.6 Å². The first kappa shape index (κ1) is 18.8. The second-order valence-corrected chi connectivity index (χ2v) is 6.92. The quantitative estimate of drug-likeness (QED) is 0.455. The average molecular weight is 384 g/mol. The molecule has 0 N–H and O–H groups in total. The number of benzene rings is 2. The molecule has 27 heavy (non-hydrogen) atoms. The maximum Gasteiger partial charge on any atom is 0.261 e. The third-order valence-corrected chi connectivity index (χ3v) is 4.37. The zero-order valence-corrected chi connectivity index (χ0v) is 15.9. The molecule has 0 unspecified atom stereocenters. The Morgan fingerprint density at radius 3 is 2.67 bits per heavy atom. The molecule has 7 heteroatoms. The Hall–Kier alpha value is -2.93. The summed E-state index contributed by atoms with van der Waals surface area (Å²) in [6, 6.07) is 12.4. The third kappa shape index (κ3) is 4.62. The van der Waals surface area contributed by atoms with Gasteiger partial charge in [0.25, 0.3) is 5.22 Å². The van der Waals surface area contributed by atoms with Gasteiger partial charge in [-0.3, -0.25) is 0 Å². The highest BCUT2D eigenvalue weighted by Crippen LogP contribution is 2.33. The van der Waals surface area contributed by atoms with Gasteiger partial charge in [-0.1, -0.05) is 18.2 Å². The summed E-state index contributed by atoms with van der Waals surface area (Å²) in [7, 11) is 1.53. The lowest BCUT2D eigenvalue weighted by molar-refractivity contribution is -0.298. The fourth-order valence-electron chi connectivity index (χ4n) is 2.40. The first-order valence-electron chi connectivity index (χ1n) is 8.27. The van der Waals surface area contributed by atoms with Gasteiger partial charge in [-0.25, -0.2) is 4.98 Å². The smallest absolute Gasteiger partial charge is 0.261 e. The van der Waals surface area contributed by atoms with Crippen LogP contribution in [0.2, 0.25) is 0 Å². The lowest BCUT2D eigenvalue weighted by atomic mass is 10.2. The molecule has 140 valence electrons. The lowest BCUT2D eigenvalue weighted by Gasteiger charge is -2.14. The van der Waals surface area contributed by atoms with Crippen molar-refractivity contribution in [3.05, 3.63) is 52.9 Å². The Kier molecular flexibility index (Phi) is 5.71. The van der Waals surface area contributed by atoms with Gasteiger partial charge < -0.3 is 23.8 Å². The van der Waals surface area contributed by atoms with Crippen molar-refractivity contribution in [3.8, 4) is 11.5 Å². The van der Waals surface area contributed by atoms with E-state index in [4.69, 9.17) is 13.9 Å². The van der Waals surface area contributed by atoms with E-state index in [2.05, 4.69) is 4.98 Å². The number of ether oxygens (including phenoxy) is 2. The first-order valence-corrected chi connectivity index (χ1v) is 9.09. The van der Waals surface area contributed by atoms with Gasteiger partial charge >= 0.3 is 0 Å². The Balaban J connectivity index is 1.90. The first-order chi connectivity index (χ1) is 13.0. The Morgan fingerprint density at radius 1 is 1.22 bits per heavy atom.